The summed E-state index contributed by atoms with van der Waals surface area (Å²) in [5.41, 5.74) is 1.03. The number of rotatable bonds is 7. The molecule has 7 heteroatoms. The molecule has 0 unspecified atom stereocenters. The Labute approximate surface area is 161 Å². The first-order valence-corrected chi connectivity index (χ1v) is 8.85. The smallest absolute Gasteiger partial charge is 0.226 e. The van der Waals surface area contributed by atoms with Gasteiger partial charge in [-0.1, -0.05) is 41.4 Å². The number of halogens is 3. The molecule has 0 aliphatic carbocycles. The Kier molecular flexibility index (Phi) is 7.42. The Morgan fingerprint density at radius 2 is 1.73 bits per heavy atom. The summed E-state index contributed by atoms with van der Waals surface area (Å²) >= 11 is 11.8. The molecule has 2 amide bonds. The standard InChI is InChI=1S/C19H19Cl2FN2O2/c1-13(25)24(8-6-14-4-2-3-5-18(14)22)9-7-19(26)23-17-11-15(20)10-16(21)12-17/h2-5,10-12H,6-9H2,1H3,(H,23,26). The lowest BCUT2D eigenvalue weighted by atomic mass is 10.1. The number of nitrogens with zero attached hydrogens (tertiary/aromatic N) is 1. The fraction of sp³-hybridized carbons (Fsp3) is 0.263. The van der Waals surface area contributed by atoms with Gasteiger partial charge in [0.2, 0.25) is 11.8 Å². The van der Waals surface area contributed by atoms with Gasteiger partial charge in [-0.3, -0.25) is 9.59 Å². The minimum Gasteiger partial charge on any atom is -0.342 e. The van der Waals surface area contributed by atoms with Gasteiger partial charge in [0.15, 0.2) is 0 Å². The number of amides is 2. The Morgan fingerprint density at radius 3 is 2.35 bits per heavy atom. The number of carbonyl (C=O) groups is 2. The molecule has 0 fully saturated rings. The van der Waals surface area contributed by atoms with Gasteiger partial charge in [-0.05, 0) is 36.2 Å². The predicted molar refractivity (Wildman–Crippen MR) is 102 cm³/mol. The molecule has 0 saturated carbocycles. The lowest BCUT2D eigenvalue weighted by Gasteiger charge is -2.21. The van der Waals surface area contributed by atoms with Crippen molar-refractivity contribution in [3.8, 4) is 0 Å². The van der Waals surface area contributed by atoms with Crippen LogP contribution < -0.4 is 5.32 Å². The van der Waals surface area contributed by atoms with Crippen molar-refractivity contribution in [2.75, 3.05) is 18.4 Å². The van der Waals surface area contributed by atoms with E-state index in [-0.39, 0.29) is 30.6 Å². The molecule has 0 heterocycles. The van der Waals surface area contributed by atoms with Gasteiger partial charge in [0, 0.05) is 42.2 Å². The van der Waals surface area contributed by atoms with Crippen LogP contribution in [0.4, 0.5) is 10.1 Å². The molecule has 0 spiro atoms. The number of carbonyl (C=O) groups excluding carboxylic acids is 2. The minimum absolute atomic E-state index is 0.112. The van der Waals surface area contributed by atoms with Crippen molar-refractivity contribution in [1.82, 2.24) is 4.90 Å². The first-order valence-electron chi connectivity index (χ1n) is 8.10. The van der Waals surface area contributed by atoms with Crippen LogP contribution in [0.1, 0.15) is 18.9 Å². The molecule has 1 N–H and O–H groups in total. The highest BCUT2D eigenvalue weighted by Crippen LogP contribution is 2.22. The average molecular weight is 397 g/mol. The number of hydrogen-bond acceptors (Lipinski definition) is 2. The maximum atomic E-state index is 13.7. The molecule has 138 valence electrons. The summed E-state index contributed by atoms with van der Waals surface area (Å²) in [4.78, 5) is 25.4. The normalized spacial score (nSPS) is 10.5. The summed E-state index contributed by atoms with van der Waals surface area (Å²) in [6, 6.07) is 11.2. The zero-order valence-electron chi connectivity index (χ0n) is 14.3. The third-order valence-electron chi connectivity index (χ3n) is 3.81. The highest BCUT2D eigenvalue weighted by molar-refractivity contribution is 6.35. The van der Waals surface area contributed by atoms with Crippen molar-refractivity contribution >= 4 is 40.7 Å². The Hall–Kier alpha value is -2.11. The molecule has 0 saturated heterocycles. The molecule has 2 aromatic rings. The van der Waals surface area contributed by atoms with Gasteiger partial charge in [0.05, 0.1) is 0 Å². The summed E-state index contributed by atoms with van der Waals surface area (Å²) in [6.07, 6.45) is 0.499. The Bertz CT molecular complexity index is 779. The number of benzene rings is 2. The van der Waals surface area contributed by atoms with Gasteiger partial charge in [0.1, 0.15) is 5.82 Å². The summed E-state index contributed by atoms with van der Waals surface area (Å²) in [7, 11) is 0. The fourth-order valence-electron chi connectivity index (χ4n) is 2.47. The van der Waals surface area contributed by atoms with Crippen molar-refractivity contribution in [2.45, 2.75) is 19.8 Å². The van der Waals surface area contributed by atoms with E-state index in [0.29, 0.717) is 34.3 Å². The molecule has 0 aromatic heterocycles. The average Bonchev–Trinajstić information content (AvgIpc) is 2.55. The monoisotopic (exact) mass is 396 g/mol. The second kappa shape index (κ2) is 9.55. The number of nitrogens with one attached hydrogen (secondary N) is 1. The van der Waals surface area contributed by atoms with Crippen LogP contribution in [0.3, 0.4) is 0 Å². The fourth-order valence-corrected chi connectivity index (χ4v) is 3.00. The molecule has 0 atom stereocenters. The topological polar surface area (TPSA) is 49.4 Å². The van der Waals surface area contributed by atoms with Crippen LogP contribution in [0.2, 0.25) is 10.0 Å². The van der Waals surface area contributed by atoms with Gasteiger partial charge in [0.25, 0.3) is 0 Å². The molecule has 4 nitrogen and oxygen atoms in total. The molecular weight excluding hydrogens is 378 g/mol. The van der Waals surface area contributed by atoms with E-state index in [1.165, 1.54) is 17.9 Å². The second-order valence-electron chi connectivity index (χ2n) is 5.80. The van der Waals surface area contributed by atoms with E-state index in [9.17, 15) is 14.0 Å². The molecule has 0 aliphatic heterocycles. The van der Waals surface area contributed by atoms with Gasteiger partial charge in [-0.15, -0.1) is 0 Å². The minimum atomic E-state index is -0.299. The zero-order valence-corrected chi connectivity index (χ0v) is 15.8. The SMILES string of the molecule is CC(=O)N(CCC(=O)Nc1cc(Cl)cc(Cl)c1)CCc1ccccc1F. The van der Waals surface area contributed by atoms with Crippen LogP contribution in [-0.4, -0.2) is 29.8 Å². The molecule has 26 heavy (non-hydrogen) atoms. The van der Waals surface area contributed by atoms with Crippen LogP contribution in [0.5, 0.6) is 0 Å². The third kappa shape index (κ3) is 6.32. The molecule has 2 rings (SSSR count). The van der Waals surface area contributed by atoms with Crippen molar-refractivity contribution in [2.24, 2.45) is 0 Å². The van der Waals surface area contributed by atoms with Crippen molar-refractivity contribution in [1.29, 1.82) is 0 Å². The van der Waals surface area contributed by atoms with Crippen LogP contribution in [0.15, 0.2) is 42.5 Å². The van der Waals surface area contributed by atoms with Crippen LogP contribution >= 0.6 is 23.2 Å². The van der Waals surface area contributed by atoms with E-state index in [0.717, 1.165) is 0 Å². The van der Waals surface area contributed by atoms with E-state index in [4.69, 9.17) is 23.2 Å². The van der Waals surface area contributed by atoms with Crippen molar-refractivity contribution in [3.63, 3.8) is 0 Å². The van der Waals surface area contributed by atoms with Crippen LogP contribution in [0.25, 0.3) is 0 Å². The molecule has 0 aliphatic rings. The maximum Gasteiger partial charge on any atom is 0.226 e. The Balaban J connectivity index is 1.88. The van der Waals surface area contributed by atoms with Crippen LogP contribution in [-0.2, 0) is 16.0 Å². The van der Waals surface area contributed by atoms with E-state index in [2.05, 4.69) is 5.32 Å². The first kappa shape index (κ1) is 20.2. The van der Waals surface area contributed by atoms with Crippen LogP contribution in [0, 0.1) is 5.82 Å². The van der Waals surface area contributed by atoms with E-state index in [1.54, 1.807) is 36.4 Å². The van der Waals surface area contributed by atoms with E-state index >= 15 is 0 Å². The largest absolute Gasteiger partial charge is 0.342 e. The maximum absolute atomic E-state index is 13.7. The summed E-state index contributed by atoms with van der Waals surface area (Å²) in [6.45, 7) is 2.01. The second-order valence-corrected chi connectivity index (χ2v) is 6.68. The molecule has 0 radical (unpaired) electrons. The predicted octanol–water partition coefficient (Wildman–Crippen LogP) is 4.55. The quantitative estimate of drug-likeness (QED) is 0.745. The van der Waals surface area contributed by atoms with Gasteiger partial charge >= 0.3 is 0 Å². The van der Waals surface area contributed by atoms with E-state index in [1.807, 2.05) is 0 Å². The summed E-state index contributed by atoms with van der Waals surface area (Å²) in [5, 5.41) is 3.53. The zero-order chi connectivity index (χ0) is 19.1. The highest BCUT2D eigenvalue weighted by atomic mass is 35.5. The third-order valence-corrected chi connectivity index (χ3v) is 4.25. The number of anilines is 1. The molecular formula is C19H19Cl2FN2O2. The Morgan fingerprint density at radius 1 is 1.08 bits per heavy atom. The molecule has 0 bridgehead atoms. The van der Waals surface area contributed by atoms with Gasteiger partial charge in [-0.2, -0.15) is 0 Å². The summed E-state index contributed by atoms with van der Waals surface area (Å²) < 4.78 is 13.7. The van der Waals surface area contributed by atoms with Crippen molar-refractivity contribution in [3.05, 3.63) is 63.9 Å². The lowest BCUT2D eigenvalue weighted by molar-refractivity contribution is -0.129. The summed E-state index contributed by atoms with van der Waals surface area (Å²) in [5.74, 6) is -0.730. The van der Waals surface area contributed by atoms with Gasteiger partial charge in [-0.25, -0.2) is 4.39 Å². The first-order chi connectivity index (χ1) is 12.3. The van der Waals surface area contributed by atoms with Gasteiger partial charge < -0.3 is 10.2 Å². The highest BCUT2D eigenvalue weighted by Gasteiger charge is 2.13. The van der Waals surface area contributed by atoms with E-state index < -0.39 is 0 Å². The molecule has 2 aromatic carbocycles. The lowest BCUT2D eigenvalue weighted by Crippen LogP contribution is -2.33. The number of hydrogen-bond donors (Lipinski definition) is 1. The van der Waals surface area contributed by atoms with Crippen molar-refractivity contribution < 1.29 is 14.0 Å².